The van der Waals surface area contributed by atoms with E-state index >= 15 is 0 Å². The Morgan fingerprint density at radius 1 is 1.39 bits per heavy atom. The van der Waals surface area contributed by atoms with Gasteiger partial charge in [-0.3, -0.25) is 0 Å². The van der Waals surface area contributed by atoms with Gasteiger partial charge in [0, 0.05) is 24.6 Å². The van der Waals surface area contributed by atoms with Crippen molar-refractivity contribution in [1.29, 1.82) is 0 Å². The number of nitrogens with zero attached hydrogens (tertiary/aromatic N) is 2. The number of hydrogen-bond acceptors (Lipinski definition) is 4. The molecule has 1 aliphatic heterocycles. The average molecular weight is 472 g/mol. The van der Waals surface area contributed by atoms with Crippen LogP contribution in [0.5, 0.6) is 11.5 Å². The van der Waals surface area contributed by atoms with Gasteiger partial charge < -0.3 is 20.1 Å². The smallest absolute Gasteiger partial charge is 0.191 e. The summed E-state index contributed by atoms with van der Waals surface area (Å²) in [4.78, 5) is 6.58. The molecule has 2 rings (SSSR count). The summed E-state index contributed by atoms with van der Waals surface area (Å²) in [7, 11) is 1.60. The lowest BCUT2D eigenvalue weighted by atomic mass is 10.2. The van der Waals surface area contributed by atoms with Gasteiger partial charge in [-0.1, -0.05) is 11.6 Å². The van der Waals surface area contributed by atoms with Crippen molar-refractivity contribution in [3.05, 3.63) is 22.7 Å². The molecule has 0 saturated carbocycles. The first kappa shape index (κ1) is 20.5. The van der Waals surface area contributed by atoms with E-state index in [1.807, 2.05) is 30.8 Å². The van der Waals surface area contributed by atoms with E-state index < -0.39 is 0 Å². The summed E-state index contributed by atoms with van der Waals surface area (Å²) in [5.41, 5.74) is 7.00. The molecule has 0 radical (unpaired) electrons. The number of methoxy groups -OCH3 is 1. The first-order chi connectivity index (χ1) is 10.7. The number of nitrogens with two attached hydrogens (primary N) is 1. The molecule has 23 heavy (non-hydrogen) atoms. The van der Waals surface area contributed by atoms with E-state index in [1.54, 1.807) is 7.11 Å². The van der Waals surface area contributed by atoms with Gasteiger partial charge in [0.05, 0.1) is 25.3 Å². The SMILES string of the molecule is CCOc1c(Cl)cc(CN=C(N)N2CCSCC2)cc1OC.I. The van der Waals surface area contributed by atoms with E-state index in [0.29, 0.717) is 35.6 Å². The predicted molar refractivity (Wildman–Crippen MR) is 109 cm³/mol. The summed E-state index contributed by atoms with van der Waals surface area (Å²) in [6.45, 7) is 4.82. The van der Waals surface area contributed by atoms with Crippen LogP contribution in [-0.2, 0) is 6.54 Å². The maximum Gasteiger partial charge on any atom is 0.191 e. The number of halogens is 2. The highest BCUT2D eigenvalue weighted by molar-refractivity contribution is 14.0. The highest BCUT2D eigenvalue weighted by Gasteiger charge is 2.14. The molecule has 8 heteroatoms. The Hall–Kier alpha value is -0.540. The molecule has 1 aromatic carbocycles. The van der Waals surface area contributed by atoms with Crippen LogP contribution in [0.25, 0.3) is 0 Å². The lowest BCUT2D eigenvalue weighted by Gasteiger charge is -2.27. The highest BCUT2D eigenvalue weighted by atomic mass is 127. The molecular weight excluding hydrogens is 449 g/mol. The molecule has 1 heterocycles. The fraction of sp³-hybridized carbons (Fsp3) is 0.533. The third-order valence-corrected chi connectivity index (χ3v) is 4.56. The third kappa shape index (κ3) is 5.79. The zero-order valence-electron chi connectivity index (χ0n) is 13.4. The molecule has 5 nitrogen and oxygen atoms in total. The van der Waals surface area contributed by atoms with Crippen LogP contribution in [0.15, 0.2) is 17.1 Å². The monoisotopic (exact) mass is 471 g/mol. The molecule has 0 amide bonds. The summed E-state index contributed by atoms with van der Waals surface area (Å²) >= 11 is 8.20. The first-order valence-corrected chi connectivity index (χ1v) is 8.80. The molecule has 1 fully saturated rings. The minimum atomic E-state index is 0. The van der Waals surface area contributed by atoms with E-state index in [4.69, 9.17) is 26.8 Å². The fourth-order valence-corrected chi connectivity index (χ4v) is 3.40. The standard InChI is InChI=1S/C15H22ClN3O2S.HI/c1-3-21-14-12(16)8-11(9-13(14)20-2)10-18-15(17)19-4-6-22-7-5-19;/h8-9H,3-7,10H2,1-2H3,(H2,17,18);1H. The largest absolute Gasteiger partial charge is 0.493 e. The number of guanidine groups is 1. The number of thioether (sulfide) groups is 1. The zero-order valence-corrected chi connectivity index (χ0v) is 17.3. The van der Waals surface area contributed by atoms with Crippen molar-refractivity contribution in [3.8, 4) is 11.5 Å². The predicted octanol–water partition coefficient (Wildman–Crippen LogP) is 3.23. The van der Waals surface area contributed by atoms with Gasteiger partial charge in [-0.05, 0) is 24.6 Å². The third-order valence-electron chi connectivity index (χ3n) is 3.34. The minimum absolute atomic E-state index is 0. The Labute approximate surface area is 164 Å². The second kappa shape index (κ2) is 10.4. The zero-order chi connectivity index (χ0) is 15.9. The maximum atomic E-state index is 6.26. The van der Waals surface area contributed by atoms with Crippen LogP contribution < -0.4 is 15.2 Å². The molecule has 0 spiro atoms. The van der Waals surface area contributed by atoms with Crippen LogP contribution in [0.3, 0.4) is 0 Å². The van der Waals surface area contributed by atoms with E-state index in [0.717, 1.165) is 30.2 Å². The van der Waals surface area contributed by atoms with Crippen LogP contribution in [0, 0.1) is 0 Å². The van der Waals surface area contributed by atoms with Crippen LogP contribution in [0.4, 0.5) is 0 Å². The average Bonchev–Trinajstić information content (AvgIpc) is 2.55. The summed E-state index contributed by atoms with van der Waals surface area (Å²) in [6, 6.07) is 3.73. The summed E-state index contributed by atoms with van der Waals surface area (Å²) in [6.07, 6.45) is 0. The van der Waals surface area contributed by atoms with Gasteiger partial charge in [-0.15, -0.1) is 24.0 Å². The minimum Gasteiger partial charge on any atom is -0.493 e. The number of benzene rings is 1. The quantitative estimate of drug-likeness (QED) is 0.406. The van der Waals surface area contributed by atoms with Gasteiger partial charge in [-0.25, -0.2) is 4.99 Å². The molecule has 1 saturated heterocycles. The van der Waals surface area contributed by atoms with Crippen molar-refractivity contribution in [2.75, 3.05) is 38.3 Å². The van der Waals surface area contributed by atoms with Crippen molar-refractivity contribution in [2.45, 2.75) is 13.5 Å². The first-order valence-electron chi connectivity index (χ1n) is 7.27. The van der Waals surface area contributed by atoms with Crippen LogP contribution >= 0.6 is 47.3 Å². The van der Waals surface area contributed by atoms with Crippen LogP contribution in [0.1, 0.15) is 12.5 Å². The van der Waals surface area contributed by atoms with E-state index in [-0.39, 0.29) is 24.0 Å². The molecule has 1 aromatic rings. The molecule has 130 valence electrons. The van der Waals surface area contributed by atoms with E-state index in [9.17, 15) is 0 Å². The number of aliphatic imine (C=N–C) groups is 1. The number of hydrogen-bond donors (Lipinski definition) is 1. The highest BCUT2D eigenvalue weighted by Crippen LogP contribution is 2.36. The normalized spacial score (nSPS) is 15.1. The summed E-state index contributed by atoms with van der Waals surface area (Å²) in [5.74, 6) is 3.97. The molecule has 0 aliphatic carbocycles. The van der Waals surface area contributed by atoms with E-state index in [1.165, 1.54) is 0 Å². The number of ether oxygens (including phenoxy) is 2. The molecule has 0 unspecified atom stereocenters. The lowest BCUT2D eigenvalue weighted by Crippen LogP contribution is -2.42. The van der Waals surface area contributed by atoms with Crippen molar-refractivity contribution in [1.82, 2.24) is 4.90 Å². The Morgan fingerprint density at radius 3 is 2.70 bits per heavy atom. The summed E-state index contributed by atoms with van der Waals surface area (Å²) < 4.78 is 10.8. The van der Waals surface area contributed by atoms with Crippen molar-refractivity contribution in [2.24, 2.45) is 10.7 Å². The lowest BCUT2D eigenvalue weighted by molar-refractivity contribution is 0.311. The second-order valence-corrected chi connectivity index (χ2v) is 6.45. The summed E-state index contributed by atoms with van der Waals surface area (Å²) in [5, 5.41) is 0.527. The Balaban J connectivity index is 0.00000264. The van der Waals surface area contributed by atoms with E-state index in [2.05, 4.69) is 9.89 Å². The fourth-order valence-electron chi connectivity index (χ4n) is 2.21. The van der Waals surface area contributed by atoms with Gasteiger partial charge in [0.25, 0.3) is 0 Å². The molecule has 0 aromatic heterocycles. The Morgan fingerprint density at radius 2 is 2.09 bits per heavy atom. The Bertz CT molecular complexity index is 540. The topological polar surface area (TPSA) is 60.1 Å². The Kier molecular flexibility index (Phi) is 9.23. The number of rotatable bonds is 5. The van der Waals surface area contributed by atoms with Gasteiger partial charge in [0.15, 0.2) is 17.5 Å². The van der Waals surface area contributed by atoms with Gasteiger partial charge >= 0.3 is 0 Å². The van der Waals surface area contributed by atoms with Crippen LogP contribution in [0.2, 0.25) is 5.02 Å². The molecule has 2 N–H and O–H groups in total. The van der Waals surface area contributed by atoms with Crippen molar-refractivity contribution < 1.29 is 9.47 Å². The molecule has 0 atom stereocenters. The van der Waals surface area contributed by atoms with Crippen molar-refractivity contribution in [3.63, 3.8) is 0 Å². The van der Waals surface area contributed by atoms with Gasteiger partial charge in [0.2, 0.25) is 0 Å². The maximum absolute atomic E-state index is 6.26. The molecular formula is C15H23ClIN3O2S. The van der Waals surface area contributed by atoms with Crippen LogP contribution in [-0.4, -0.2) is 49.2 Å². The second-order valence-electron chi connectivity index (χ2n) is 4.82. The van der Waals surface area contributed by atoms with Gasteiger partial charge in [0.1, 0.15) is 0 Å². The van der Waals surface area contributed by atoms with Gasteiger partial charge in [-0.2, -0.15) is 11.8 Å². The molecule has 1 aliphatic rings. The van der Waals surface area contributed by atoms with Crippen molar-refractivity contribution >= 4 is 53.3 Å². The molecule has 0 bridgehead atoms.